The number of benzene rings is 1. The van der Waals surface area contributed by atoms with E-state index >= 15 is 0 Å². The fourth-order valence-electron chi connectivity index (χ4n) is 2.28. The molecule has 2 atom stereocenters. The first-order valence-corrected chi connectivity index (χ1v) is 6.70. The molecule has 0 amide bonds. The van der Waals surface area contributed by atoms with E-state index in [1.54, 1.807) is 0 Å². The maximum atomic E-state index is 12.3. The number of ether oxygens (including phenoxy) is 1. The van der Waals surface area contributed by atoms with E-state index in [1.165, 1.54) is 0 Å². The zero-order valence-corrected chi connectivity index (χ0v) is 11.6. The van der Waals surface area contributed by atoms with Crippen molar-refractivity contribution in [2.45, 2.75) is 24.5 Å². The Morgan fingerprint density at radius 1 is 1.41 bits per heavy atom. The van der Waals surface area contributed by atoms with Crippen LogP contribution in [0.5, 0.6) is 0 Å². The van der Waals surface area contributed by atoms with Crippen LogP contribution in [0, 0.1) is 0 Å². The number of hydrogen-bond acceptors (Lipinski definition) is 6. The number of nitrogens with two attached hydrogens (primary N) is 1. The van der Waals surface area contributed by atoms with Crippen molar-refractivity contribution in [2.75, 3.05) is 0 Å². The highest BCUT2D eigenvalue weighted by molar-refractivity contribution is 5.88. The summed E-state index contributed by atoms with van der Waals surface area (Å²) in [5.74, 6) is -1.78. The molecule has 2 unspecified atom stereocenters. The van der Waals surface area contributed by atoms with Crippen LogP contribution in [-0.4, -0.2) is 28.1 Å². The van der Waals surface area contributed by atoms with Crippen LogP contribution in [0.2, 0.25) is 0 Å². The quantitative estimate of drug-likeness (QED) is 0.794. The third-order valence-corrected chi connectivity index (χ3v) is 3.70. The Morgan fingerprint density at radius 2 is 2.09 bits per heavy atom. The second kappa shape index (κ2) is 5.27. The SMILES string of the molecule is NC1CC1(C(=O)OCc1ccccc1)c1nc(C(=O)O)co1. The van der Waals surface area contributed by atoms with Crippen LogP contribution in [0.25, 0.3) is 0 Å². The lowest BCUT2D eigenvalue weighted by Gasteiger charge is -2.12. The van der Waals surface area contributed by atoms with Gasteiger partial charge < -0.3 is 20.0 Å². The van der Waals surface area contributed by atoms with Crippen molar-refractivity contribution in [2.24, 2.45) is 5.73 Å². The molecule has 1 saturated carbocycles. The lowest BCUT2D eigenvalue weighted by molar-refractivity contribution is -0.148. The smallest absolute Gasteiger partial charge is 0.357 e. The van der Waals surface area contributed by atoms with Gasteiger partial charge in [-0.2, -0.15) is 0 Å². The van der Waals surface area contributed by atoms with Gasteiger partial charge in [-0.05, 0) is 12.0 Å². The Labute approximate surface area is 125 Å². The number of aromatic carboxylic acids is 1. The molecule has 3 rings (SSSR count). The molecule has 0 radical (unpaired) electrons. The van der Waals surface area contributed by atoms with E-state index < -0.39 is 23.4 Å². The Bertz CT molecular complexity index is 712. The second-order valence-electron chi connectivity index (χ2n) is 5.19. The number of esters is 1. The standard InChI is InChI=1S/C15H14N2O5/c16-11-6-15(11,13-17-10(8-21-13)12(18)19)14(20)22-7-9-4-2-1-3-5-9/h1-5,8,11H,6-7,16H2,(H,18,19). The molecule has 0 spiro atoms. The van der Waals surface area contributed by atoms with Gasteiger partial charge in [-0.25, -0.2) is 9.78 Å². The highest BCUT2D eigenvalue weighted by Gasteiger charge is 2.64. The summed E-state index contributed by atoms with van der Waals surface area (Å²) in [5.41, 5.74) is 5.25. The number of carbonyl (C=O) groups is 2. The van der Waals surface area contributed by atoms with E-state index in [0.717, 1.165) is 11.8 Å². The number of carboxylic acid groups (broad SMARTS) is 1. The normalized spacial score (nSPS) is 23.0. The summed E-state index contributed by atoms with van der Waals surface area (Å²) in [7, 11) is 0. The summed E-state index contributed by atoms with van der Waals surface area (Å²) < 4.78 is 10.4. The summed E-state index contributed by atoms with van der Waals surface area (Å²) >= 11 is 0. The van der Waals surface area contributed by atoms with Gasteiger partial charge in [-0.3, -0.25) is 4.79 Å². The molecule has 2 aromatic rings. The Kier molecular flexibility index (Phi) is 3.42. The van der Waals surface area contributed by atoms with Crippen LogP contribution in [0.1, 0.15) is 28.4 Å². The van der Waals surface area contributed by atoms with Crippen molar-refractivity contribution in [1.82, 2.24) is 4.98 Å². The van der Waals surface area contributed by atoms with Gasteiger partial charge in [0.05, 0.1) is 0 Å². The minimum Gasteiger partial charge on any atom is -0.476 e. The first-order valence-electron chi connectivity index (χ1n) is 6.70. The molecule has 22 heavy (non-hydrogen) atoms. The van der Waals surface area contributed by atoms with E-state index in [2.05, 4.69) is 4.98 Å². The van der Waals surface area contributed by atoms with Crippen molar-refractivity contribution >= 4 is 11.9 Å². The van der Waals surface area contributed by atoms with E-state index in [9.17, 15) is 9.59 Å². The first-order chi connectivity index (χ1) is 10.5. The topological polar surface area (TPSA) is 116 Å². The minimum absolute atomic E-state index is 0.00420. The van der Waals surface area contributed by atoms with E-state index in [-0.39, 0.29) is 18.2 Å². The second-order valence-corrected chi connectivity index (χ2v) is 5.19. The molecule has 3 N–H and O–H groups in total. The van der Waals surface area contributed by atoms with Gasteiger partial charge in [0, 0.05) is 6.04 Å². The lowest BCUT2D eigenvalue weighted by atomic mass is 10.1. The Hall–Kier alpha value is -2.67. The molecule has 114 valence electrons. The average Bonchev–Trinajstić information content (AvgIpc) is 2.98. The molecule has 0 aliphatic heterocycles. The number of nitrogens with zero attached hydrogens (tertiary/aromatic N) is 1. The molecule has 1 fully saturated rings. The maximum absolute atomic E-state index is 12.3. The van der Waals surface area contributed by atoms with Crippen molar-refractivity contribution < 1.29 is 23.8 Å². The van der Waals surface area contributed by atoms with Gasteiger partial charge in [-0.1, -0.05) is 30.3 Å². The Balaban J connectivity index is 1.75. The molecule has 1 aliphatic carbocycles. The van der Waals surface area contributed by atoms with Gasteiger partial charge in [0.1, 0.15) is 12.9 Å². The molecule has 1 aromatic carbocycles. The van der Waals surface area contributed by atoms with Gasteiger partial charge in [0.15, 0.2) is 11.1 Å². The fraction of sp³-hybridized carbons (Fsp3) is 0.267. The van der Waals surface area contributed by atoms with Crippen LogP contribution in [0.3, 0.4) is 0 Å². The largest absolute Gasteiger partial charge is 0.476 e. The van der Waals surface area contributed by atoms with Gasteiger partial charge in [-0.15, -0.1) is 0 Å². The third kappa shape index (κ3) is 2.35. The molecule has 1 aromatic heterocycles. The third-order valence-electron chi connectivity index (χ3n) is 3.70. The summed E-state index contributed by atoms with van der Waals surface area (Å²) in [4.78, 5) is 27.0. The predicted octanol–water partition coefficient (Wildman–Crippen LogP) is 1.08. The first kappa shape index (κ1) is 14.3. The van der Waals surface area contributed by atoms with Crippen molar-refractivity contribution in [3.63, 3.8) is 0 Å². The molecule has 7 nitrogen and oxygen atoms in total. The number of aromatic nitrogens is 1. The van der Waals surface area contributed by atoms with Gasteiger partial charge in [0.25, 0.3) is 0 Å². The number of carbonyl (C=O) groups excluding carboxylic acids is 1. The summed E-state index contributed by atoms with van der Waals surface area (Å²) in [6, 6.07) is 8.73. The number of hydrogen-bond donors (Lipinski definition) is 2. The molecular formula is C15H14N2O5. The molecule has 7 heteroatoms. The predicted molar refractivity (Wildman–Crippen MR) is 74.0 cm³/mol. The highest BCUT2D eigenvalue weighted by atomic mass is 16.5. The lowest BCUT2D eigenvalue weighted by Crippen LogP contribution is -2.30. The van der Waals surface area contributed by atoms with Crippen LogP contribution in [-0.2, 0) is 21.6 Å². The van der Waals surface area contributed by atoms with Crippen LogP contribution in [0.15, 0.2) is 41.0 Å². The summed E-state index contributed by atoms with van der Waals surface area (Å²) in [6.45, 7) is 0.112. The fourth-order valence-corrected chi connectivity index (χ4v) is 2.28. The zero-order chi connectivity index (χ0) is 15.7. The number of rotatable bonds is 5. The molecule has 1 aliphatic rings. The van der Waals surface area contributed by atoms with Crippen LogP contribution in [0.4, 0.5) is 0 Å². The van der Waals surface area contributed by atoms with Crippen LogP contribution < -0.4 is 5.73 Å². The zero-order valence-electron chi connectivity index (χ0n) is 11.6. The highest BCUT2D eigenvalue weighted by Crippen LogP contribution is 2.47. The Morgan fingerprint density at radius 3 is 2.64 bits per heavy atom. The summed E-state index contributed by atoms with van der Waals surface area (Å²) in [5, 5.41) is 8.87. The molecule has 1 heterocycles. The van der Waals surface area contributed by atoms with E-state index in [4.69, 9.17) is 20.0 Å². The number of oxazole rings is 1. The average molecular weight is 302 g/mol. The van der Waals surface area contributed by atoms with Crippen LogP contribution >= 0.6 is 0 Å². The maximum Gasteiger partial charge on any atom is 0.357 e. The minimum atomic E-state index is -1.22. The van der Waals surface area contributed by atoms with Gasteiger partial charge >= 0.3 is 11.9 Å². The van der Waals surface area contributed by atoms with Crippen molar-refractivity contribution in [3.05, 3.63) is 53.7 Å². The van der Waals surface area contributed by atoms with E-state index in [1.807, 2.05) is 30.3 Å². The monoisotopic (exact) mass is 302 g/mol. The molecular weight excluding hydrogens is 288 g/mol. The van der Waals surface area contributed by atoms with Crippen molar-refractivity contribution in [3.8, 4) is 0 Å². The summed E-state index contributed by atoms with van der Waals surface area (Å²) in [6.07, 6.45) is 1.31. The molecule has 0 saturated heterocycles. The molecule has 0 bridgehead atoms. The van der Waals surface area contributed by atoms with Crippen molar-refractivity contribution in [1.29, 1.82) is 0 Å². The van der Waals surface area contributed by atoms with Gasteiger partial charge in [0.2, 0.25) is 5.89 Å². The number of carboxylic acids is 1. The van der Waals surface area contributed by atoms with E-state index in [0.29, 0.717) is 6.42 Å².